The Morgan fingerprint density at radius 1 is 0.508 bits per heavy atom. The molecule has 1 aliphatic carbocycles. The van der Waals surface area contributed by atoms with E-state index in [1.807, 2.05) is 0 Å². The second-order valence-corrected chi connectivity index (χ2v) is 17.7. The number of carbonyl (C=O) groups is 2. The Morgan fingerprint density at radius 3 is 1.34 bits per heavy atom. The van der Waals surface area contributed by atoms with Gasteiger partial charge in [0.25, 0.3) is 0 Å². The zero-order chi connectivity index (χ0) is 43.6. The van der Waals surface area contributed by atoms with Crippen molar-refractivity contribution < 1.29 is 63.1 Å². The first-order valence-electron chi connectivity index (χ1n) is 23.1. The molecule has 1 saturated carbocycles. The normalized spacial score (nSPS) is 22.5. The zero-order valence-corrected chi connectivity index (χ0v) is 37.4. The highest BCUT2D eigenvalue weighted by molar-refractivity contribution is 7.47. The van der Waals surface area contributed by atoms with E-state index in [-0.39, 0.29) is 12.8 Å². The van der Waals surface area contributed by atoms with Gasteiger partial charge < -0.3 is 39.9 Å². The maximum atomic E-state index is 12.8. The molecule has 13 nitrogen and oxygen atoms in total. The number of hydrogen-bond donors (Lipinski definition) is 6. The third-order valence-electron chi connectivity index (χ3n) is 10.8. The van der Waals surface area contributed by atoms with Crippen molar-refractivity contribution in [3.63, 3.8) is 0 Å². The number of aliphatic hydroxyl groups is 5. The van der Waals surface area contributed by atoms with Crippen molar-refractivity contribution >= 4 is 19.8 Å². The summed E-state index contributed by atoms with van der Waals surface area (Å²) in [5.41, 5.74) is 0. The van der Waals surface area contributed by atoms with Gasteiger partial charge in [-0.15, -0.1) is 0 Å². The van der Waals surface area contributed by atoms with Gasteiger partial charge in [0.2, 0.25) is 0 Å². The van der Waals surface area contributed by atoms with Crippen molar-refractivity contribution in [2.45, 2.75) is 236 Å². The molecule has 1 fully saturated rings. The van der Waals surface area contributed by atoms with E-state index in [2.05, 4.69) is 38.2 Å². The summed E-state index contributed by atoms with van der Waals surface area (Å²) in [5.74, 6) is -1.11. The minimum atomic E-state index is -5.11. The molecule has 0 amide bonds. The van der Waals surface area contributed by atoms with Crippen LogP contribution in [0.5, 0.6) is 0 Å². The lowest BCUT2D eigenvalue weighted by Gasteiger charge is -2.41. The summed E-state index contributed by atoms with van der Waals surface area (Å²) in [6.45, 7) is 3.24. The second kappa shape index (κ2) is 35.9. The molecule has 0 radical (unpaired) electrons. The third-order valence-corrected chi connectivity index (χ3v) is 11.8. The molecule has 0 saturated heterocycles. The Bertz CT molecular complexity index is 1130. The topological polar surface area (TPSA) is 210 Å². The van der Waals surface area contributed by atoms with Gasteiger partial charge in [0, 0.05) is 12.8 Å². The average molecular weight is 863 g/mol. The van der Waals surface area contributed by atoms with E-state index in [4.69, 9.17) is 18.5 Å². The Morgan fingerprint density at radius 2 is 0.881 bits per heavy atom. The molecule has 8 atom stereocenters. The number of phosphoric acid groups is 1. The van der Waals surface area contributed by atoms with Crippen LogP contribution < -0.4 is 0 Å². The standard InChI is InChI=1S/C45H83O13P/c1-3-5-7-9-11-13-15-16-17-18-19-20-21-22-24-25-27-29-31-33-38(46)55-35-37(57-39(47)34-32-30-28-26-23-14-12-10-8-6-4-2)36-56-59(53,54)58-45-43(51)41(49)40(48)42(50)44(45)52/h10,12,16-17,37,40-45,48-52H,3-9,11,13-15,18-36H2,1-2H3,(H,53,54)/b12-10+,17-16+/t37-,40?,41-,42?,43?,44?,45?/m1/s1. The van der Waals surface area contributed by atoms with Crippen LogP contribution in [0.3, 0.4) is 0 Å². The average Bonchev–Trinajstić information content (AvgIpc) is 3.21. The highest BCUT2D eigenvalue weighted by Gasteiger charge is 2.51. The van der Waals surface area contributed by atoms with E-state index < -0.39 is 75.7 Å². The van der Waals surface area contributed by atoms with Gasteiger partial charge in [-0.1, -0.05) is 147 Å². The van der Waals surface area contributed by atoms with Gasteiger partial charge >= 0.3 is 19.8 Å². The minimum Gasteiger partial charge on any atom is -0.462 e. The van der Waals surface area contributed by atoms with E-state index >= 15 is 0 Å². The van der Waals surface area contributed by atoms with E-state index in [9.17, 15) is 44.6 Å². The fourth-order valence-electron chi connectivity index (χ4n) is 6.97. The molecule has 0 aromatic heterocycles. The summed E-state index contributed by atoms with van der Waals surface area (Å²) in [6, 6.07) is 0. The van der Waals surface area contributed by atoms with Crippen LogP contribution in [0.1, 0.15) is 194 Å². The third kappa shape index (κ3) is 28.5. The van der Waals surface area contributed by atoms with Crippen LogP contribution in [0, 0.1) is 0 Å². The molecule has 0 aromatic rings. The van der Waals surface area contributed by atoms with Crippen molar-refractivity contribution in [2.24, 2.45) is 0 Å². The maximum absolute atomic E-state index is 12.8. The van der Waals surface area contributed by atoms with Gasteiger partial charge in [0.05, 0.1) is 6.61 Å². The van der Waals surface area contributed by atoms with Crippen molar-refractivity contribution in [3.05, 3.63) is 24.3 Å². The van der Waals surface area contributed by atoms with Gasteiger partial charge in [0.1, 0.15) is 43.2 Å². The summed E-state index contributed by atoms with van der Waals surface area (Å²) in [7, 11) is -5.11. The SMILES string of the molecule is CCCC/C=C/CCCCCCCC(=O)O[C@H](COC(=O)CCCCCCCCCCC/C=C/CCCCCCCC)COP(=O)(O)OC1C(O)C(O)C(O)[C@@H](O)C1O. The van der Waals surface area contributed by atoms with Crippen molar-refractivity contribution in [1.29, 1.82) is 0 Å². The predicted octanol–water partition coefficient (Wildman–Crippen LogP) is 8.84. The number of rotatable bonds is 38. The lowest BCUT2D eigenvalue weighted by atomic mass is 9.85. The van der Waals surface area contributed by atoms with Crippen LogP contribution in [0.25, 0.3) is 0 Å². The predicted molar refractivity (Wildman–Crippen MR) is 230 cm³/mol. The molecule has 0 aliphatic heterocycles. The molecule has 6 unspecified atom stereocenters. The van der Waals surface area contributed by atoms with Crippen molar-refractivity contribution in [1.82, 2.24) is 0 Å². The fraction of sp³-hybridized carbons (Fsp3) is 0.867. The lowest BCUT2D eigenvalue weighted by Crippen LogP contribution is -2.64. The van der Waals surface area contributed by atoms with Gasteiger partial charge in [-0.05, 0) is 57.8 Å². The fourth-order valence-corrected chi connectivity index (χ4v) is 7.94. The molecule has 6 N–H and O–H groups in total. The Kier molecular flexibility index (Phi) is 33.7. The summed E-state index contributed by atoms with van der Waals surface area (Å²) < 4.78 is 33.5. The van der Waals surface area contributed by atoms with Gasteiger partial charge in [-0.25, -0.2) is 4.57 Å². The number of ether oxygens (including phenoxy) is 2. The first kappa shape index (κ1) is 55.3. The molecule has 0 spiro atoms. The molecular weight excluding hydrogens is 779 g/mol. The molecule has 0 aromatic carbocycles. The number of aliphatic hydroxyl groups excluding tert-OH is 5. The number of phosphoric ester groups is 1. The summed E-state index contributed by atoms with van der Waals surface area (Å²) in [4.78, 5) is 35.6. The van der Waals surface area contributed by atoms with Crippen molar-refractivity contribution in [2.75, 3.05) is 13.2 Å². The number of unbranched alkanes of at least 4 members (excludes halogenated alkanes) is 22. The van der Waals surface area contributed by atoms with Gasteiger partial charge in [-0.2, -0.15) is 0 Å². The number of esters is 2. The highest BCUT2D eigenvalue weighted by Crippen LogP contribution is 2.47. The molecule has 14 heteroatoms. The van der Waals surface area contributed by atoms with Crippen LogP contribution in [0.4, 0.5) is 0 Å². The molecule has 346 valence electrons. The molecule has 1 aliphatic rings. The summed E-state index contributed by atoms with van der Waals surface area (Å²) in [6.07, 6.45) is 25.3. The Labute approximate surface area is 356 Å². The van der Waals surface area contributed by atoms with E-state index in [1.54, 1.807) is 0 Å². The van der Waals surface area contributed by atoms with E-state index in [0.29, 0.717) is 12.8 Å². The molecule has 0 bridgehead atoms. The first-order valence-corrected chi connectivity index (χ1v) is 24.6. The minimum absolute atomic E-state index is 0.0872. The maximum Gasteiger partial charge on any atom is 0.472 e. The van der Waals surface area contributed by atoms with Crippen LogP contribution in [-0.4, -0.2) is 98.3 Å². The van der Waals surface area contributed by atoms with Crippen LogP contribution in [-0.2, 0) is 32.7 Å². The molecular formula is C45H83O13P. The zero-order valence-electron chi connectivity index (χ0n) is 36.6. The van der Waals surface area contributed by atoms with E-state index in [1.165, 1.54) is 89.9 Å². The number of hydrogen-bond acceptors (Lipinski definition) is 12. The smallest absolute Gasteiger partial charge is 0.462 e. The van der Waals surface area contributed by atoms with Crippen LogP contribution in [0.2, 0.25) is 0 Å². The number of allylic oxidation sites excluding steroid dienone is 4. The Hall–Kier alpha value is -1.67. The molecule has 1 rings (SSSR count). The summed E-state index contributed by atoms with van der Waals surface area (Å²) in [5, 5.41) is 50.1. The van der Waals surface area contributed by atoms with E-state index in [0.717, 1.165) is 64.2 Å². The van der Waals surface area contributed by atoms with Crippen molar-refractivity contribution in [3.8, 4) is 0 Å². The van der Waals surface area contributed by atoms with Crippen LogP contribution in [0.15, 0.2) is 24.3 Å². The lowest BCUT2D eigenvalue weighted by molar-refractivity contribution is -0.220. The second-order valence-electron chi connectivity index (χ2n) is 16.3. The molecule has 59 heavy (non-hydrogen) atoms. The van der Waals surface area contributed by atoms with Gasteiger partial charge in [0.15, 0.2) is 6.10 Å². The molecule has 0 heterocycles. The highest BCUT2D eigenvalue weighted by atomic mass is 31.2. The first-order chi connectivity index (χ1) is 28.4. The number of carbonyl (C=O) groups excluding carboxylic acids is 2. The van der Waals surface area contributed by atoms with Gasteiger partial charge in [-0.3, -0.25) is 18.6 Å². The van der Waals surface area contributed by atoms with Crippen LogP contribution >= 0.6 is 7.82 Å². The summed E-state index contributed by atoms with van der Waals surface area (Å²) >= 11 is 0. The monoisotopic (exact) mass is 863 g/mol. The Balaban J connectivity index is 2.41. The quantitative estimate of drug-likeness (QED) is 0.0149. The largest absolute Gasteiger partial charge is 0.472 e.